The summed E-state index contributed by atoms with van der Waals surface area (Å²) in [6.07, 6.45) is 0.785. The molecule has 0 rings (SSSR count). The van der Waals surface area contributed by atoms with E-state index in [4.69, 9.17) is 0 Å². The molecule has 0 aromatic carbocycles. The Balaban J connectivity index is 4.59. The van der Waals surface area contributed by atoms with E-state index in [2.05, 4.69) is 27.4 Å². The molecule has 0 unspecified atom stereocenters. The van der Waals surface area contributed by atoms with Gasteiger partial charge in [0.05, 0.1) is 5.97 Å². The van der Waals surface area contributed by atoms with E-state index in [-0.39, 0.29) is 11.0 Å². The van der Waals surface area contributed by atoms with Gasteiger partial charge in [-0.25, -0.2) is 0 Å². The lowest BCUT2D eigenvalue weighted by Gasteiger charge is -2.34. The van der Waals surface area contributed by atoms with Crippen molar-refractivity contribution in [2.24, 2.45) is 10.8 Å². The van der Waals surface area contributed by atoms with Crippen molar-refractivity contribution in [1.29, 1.82) is 0 Å². The Hall–Kier alpha value is -0.790. The minimum Gasteiger partial charge on any atom is -0.545 e. The summed E-state index contributed by atoms with van der Waals surface area (Å²) in [7, 11) is 0. The van der Waals surface area contributed by atoms with Crippen molar-refractivity contribution in [3.63, 3.8) is 0 Å². The van der Waals surface area contributed by atoms with Gasteiger partial charge in [-0.2, -0.15) is 0 Å². The van der Waals surface area contributed by atoms with Gasteiger partial charge in [-0.15, -0.1) is 0 Å². The van der Waals surface area contributed by atoms with Crippen LogP contribution in [0.3, 0.4) is 0 Å². The number of hydrogen-bond donors (Lipinski definition) is 0. The molecule has 0 aliphatic carbocycles. The monoisotopic (exact) mass is 183 g/mol. The normalized spacial score (nSPS) is 12.7. The molecule has 0 bridgehead atoms. The van der Waals surface area contributed by atoms with Crippen LogP contribution in [-0.2, 0) is 4.79 Å². The summed E-state index contributed by atoms with van der Waals surface area (Å²) in [5.41, 5.74) is -0.110. The molecule has 0 aliphatic heterocycles. The average Bonchev–Trinajstić information content (AvgIpc) is 1.80. The molecule has 0 amide bonds. The summed E-state index contributed by atoms with van der Waals surface area (Å²) in [5, 5.41) is 10.6. The predicted octanol–water partition coefficient (Wildman–Crippen LogP) is 1.75. The Morgan fingerprint density at radius 2 is 1.62 bits per heavy atom. The van der Waals surface area contributed by atoms with Crippen LogP contribution in [0.15, 0.2) is 12.2 Å². The summed E-state index contributed by atoms with van der Waals surface area (Å²) >= 11 is 0. The summed E-state index contributed by atoms with van der Waals surface area (Å²) in [4.78, 5) is 10.6. The van der Waals surface area contributed by atoms with Crippen LogP contribution in [0.5, 0.6) is 0 Å². The van der Waals surface area contributed by atoms with Gasteiger partial charge in [0, 0.05) is 0 Å². The fraction of sp³-hybridized carbons (Fsp3) is 0.727. The number of carboxylic acids is 1. The molecule has 0 radical (unpaired) electrons. The fourth-order valence-electron chi connectivity index (χ4n) is 1.71. The standard InChI is InChI=1S/C11H20O2/c1-8(9(12)13)11(5,6)7-10(2,3)4/h1,7H2,2-6H3,(H,12,13)/p-1. The molecule has 0 aromatic rings. The third-order valence-electron chi connectivity index (χ3n) is 2.04. The maximum Gasteiger partial charge on any atom is 0.0674 e. The number of hydrogen-bond acceptors (Lipinski definition) is 2. The van der Waals surface area contributed by atoms with Crippen LogP contribution in [0.4, 0.5) is 0 Å². The molecule has 0 spiro atoms. The van der Waals surface area contributed by atoms with E-state index >= 15 is 0 Å². The first-order valence-corrected chi connectivity index (χ1v) is 4.47. The smallest absolute Gasteiger partial charge is 0.0674 e. The first-order chi connectivity index (χ1) is 5.56. The molecule has 0 fully saturated rings. The van der Waals surface area contributed by atoms with E-state index in [0.29, 0.717) is 0 Å². The Morgan fingerprint density at radius 1 is 1.23 bits per heavy atom. The van der Waals surface area contributed by atoms with Crippen LogP contribution < -0.4 is 5.11 Å². The molecule has 0 saturated carbocycles. The Kier molecular flexibility index (Phi) is 3.31. The molecule has 0 aromatic heterocycles. The molecular weight excluding hydrogens is 164 g/mol. The van der Waals surface area contributed by atoms with Gasteiger partial charge in [0.15, 0.2) is 0 Å². The number of carboxylic acid groups (broad SMARTS) is 1. The van der Waals surface area contributed by atoms with Crippen molar-refractivity contribution in [1.82, 2.24) is 0 Å². The lowest BCUT2D eigenvalue weighted by atomic mass is 9.72. The quantitative estimate of drug-likeness (QED) is 0.625. The Labute approximate surface area is 80.7 Å². The zero-order valence-electron chi connectivity index (χ0n) is 9.23. The van der Waals surface area contributed by atoms with Gasteiger partial charge in [0.25, 0.3) is 0 Å². The number of carbonyl (C=O) groups is 1. The van der Waals surface area contributed by atoms with Crippen LogP contribution in [0.2, 0.25) is 0 Å². The van der Waals surface area contributed by atoms with Crippen molar-refractivity contribution in [2.45, 2.75) is 41.0 Å². The van der Waals surface area contributed by atoms with Gasteiger partial charge in [-0.05, 0) is 22.8 Å². The zero-order chi connectivity index (χ0) is 10.9. The number of aliphatic carboxylic acids is 1. The first-order valence-electron chi connectivity index (χ1n) is 4.47. The zero-order valence-corrected chi connectivity index (χ0v) is 9.23. The van der Waals surface area contributed by atoms with Crippen LogP contribution in [0.25, 0.3) is 0 Å². The van der Waals surface area contributed by atoms with E-state index in [1.165, 1.54) is 0 Å². The third-order valence-corrected chi connectivity index (χ3v) is 2.04. The Morgan fingerprint density at radius 3 is 1.85 bits per heavy atom. The molecule has 2 heteroatoms. The highest BCUT2D eigenvalue weighted by Crippen LogP contribution is 2.37. The summed E-state index contributed by atoms with van der Waals surface area (Å²) in [6, 6.07) is 0. The van der Waals surface area contributed by atoms with Gasteiger partial charge in [0.2, 0.25) is 0 Å². The highest BCUT2D eigenvalue weighted by molar-refractivity contribution is 5.85. The van der Waals surface area contributed by atoms with Crippen molar-refractivity contribution in [3.8, 4) is 0 Å². The van der Waals surface area contributed by atoms with Gasteiger partial charge < -0.3 is 9.90 Å². The molecule has 76 valence electrons. The minimum absolute atomic E-state index is 0.0991. The highest BCUT2D eigenvalue weighted by Gasteiger charge is 2.28. The lowest BCUT2D eigenvalue weighted by Crippen LogP contribution is -2.34. The van der Waals surface area contributed by atoms with E-state index < -0.39 is 11.4 Å². The molecular formula is C11H19O2-. The molecule has 0 saturated heterocycles. The van der Waals surface area contributed by atoms with E-state index in [1.54, 1.807) is 0 Å². The van der Waals surface area contributed by atoms with Crippen LogP contribution in [-0.4, -0.2) is 5.97 Å². The second kappa shape index (κ2) is 3.52. The average molecular weight is 183 g/mol. The minimum atomic E-state index is -1.14. The summed E-state index contributed by atoms with van der Waals surface area (Å²) in [5.74, 6) is -1.14. The van der Waals surface area contributed by atoms with Crippen LogP contribution in [0, 0.1) is 10.8 Å². The van der Waals surface area contributed by atoms with E-state index in [9.17, 15) is 9.90 Å². The van der Waals surface area contributed by atoms with Crippen LogP contribution in [0.1, 0.15) is 41.0 Å². The van der Waals surface area contributed by atoms with Crippen molar-refractivity contribution < 1.29 is 9.90 Å². The number of rotatable bonds is 3. The van der Waals surface area contributed by atoms with Crippen molar-refractivity contribution in [3.05, 3.63) is 12.2 Å². The predicted molar refractivity (Wildman–Crippen MR) is 52.0 cm³/mol. The fourth-order valence-corrected chi connectivity index (χ4v) is 1.71. The molecule has 13 heavy (non-hydrogen) atoms. The largest absolute Gasteiger partial charge is 0.545 e. The summed E-state index contributed by atoms with van der Waals surface area (Å²) in [6.45, 7) is 13.6. The van der Waals surface area contributed by atoms with E-state index in [0.717, 1.165) is 6.42 Å². The second-order valence-electron chi connectivity index (χ2n) is 5.39. The van der Waals surface area contributed by atoms with Crippen molar-refractivity contribution >= 4 is 5.97 Å². The van der Waals surface area contributed by atoms with Gasteiger partial charge in [0.1, 0.15) is 0 Å². The maximum atomic E-state index is 10.6. The Bertz CT molecular complexity index is 219. The molecule has 0 atom stereocenters. The van der Waals surface area contributed by atoms with Crippen LogP contribution >= 0.6 is 0 Å². The first kappa shape index (κ1) is 12.2. The molecule has 0 heterocycles. The van der Waals surface area contributed by atoms with Crippen molar-refractivity contribution in [2.75, 3.05) is 0 Å². The lowest BCUT2D eigenvalue weighted by molar-refractivity contribution is -0.300. The number of carbonyl (C=O) groups excluding carboxylic acids is 1. The maximum absolute atomic E-state index is 10.6. The highest BCUT2D eigenvalue weighted by atomic mass is 16.4. The third kappa shape index (κ3) is 4.11. The molecule has 2 nitrogen and oxygen atoms in total. The topological polar surface area (TPSA) is 40.1 Å². The van der Waals surface area contributed by atoms with Gasteiger partial charge in [-0.3, -0.25) is 0 Å². The second-order valence-corrected chi connectivity index (χ2v) is 5.39. The SMILES string of the molecule is C=C(C(=O)[O-])C(C)(C)CC(C)(C)C. The van der Waals surface area contributed by atoms with Gasteiger partial charge >= 0.3 is 0 Å². The molecule has 0 N–H and O–H groups in total. The molecule has 0 aliphatic rings. The summed E-state index contributed by atoms with van der Waals surface area (Å²) < 4.78 is 0. The van der Waals surface area contributed by atoms with Gasteiger partial charge in [-0.1, -0.05) is 41.2 Å². The van der Waals surface area contributed by atoms with E-state index in [1.807, 2.05) is 13.8 Å².